The number of unbranched alkanes of at least 4 members (excludes halogenated alkanes) is 1. The largest absolute Gasteiger partial charge is 0.481 e. The third-order valence-corrected chi connectivity index (χ3v) is 7.99. The van der Waals surface area contributed by atoms with Gasteiger partial charge < -0.3 is 5.11 Å². The molecule has 7 heteroatoms. The van der Waals surface area contributed by atoms with Gasteiger partial charge >= 0.3 is 5.97 Å². The predicted molar refractivity (Wildman–Crippen MR) is 129 cm³/mol. The van der Waals surface area contributed by atoms with E-state index in [1.807, 2.05) is 41.1 Å². The van der Waals surface area contributed by atoms with E-state index in [-0.39, 0.29) is 17.7 Å². The summed E-state index contributed by atoms with van der Waals surface area (Å²) >= 11 is 1.59. The highest BCUT2D eigenvalue weighted by Gasteiger charge is 2.22. The number of hydrogen-bond donors (Lipinski definition) is 1. The van der Waals surface area contributed by atoms with Crippen molar-refractivity contribution >= 4 is 38.2 Å². The number of fused-ring (bicyclic) bond motifs is 1. The number of benzene rings is 2. The molecule has 2 aromatic carbocycles. The molecule has 1 N–H and O–H groups in total. The molecule has 0 saturated carbocycles. The molecule has 0 aliphatic heterocycles. The highest BCUT2D eigenvalue weighted by atomic mass is 32.2. The number of rotatable bonds is 9. The van der Waals surface area contributed by atoms with Crippen LogP contribution in [0.3, 0.4) is 0 Å². The van der Waals surface area contributed by atoms with Gasteiger partial charge in [0.25, 0.3) is 10.0 Å². The highest BCUT2D eigenvalue weighted by Crippen LogP contribution is 2.32. The van der Waals surface area contributed by atoms with E-state index in [2.05, 4.69) is 6.92 Å². The Labute approximate surface area is 192 Å². The molecule has 0 fully saturated rings. The summed E-state index contributed by atoms with van der Waals surface area (Å²) in [7, 11) is -3.82. The van der Waals surface area contributed by atoms with Gasteiger partial charge in [-0.3, -0.25) is 4.79 Å². The fourth-order valence-corrected chi connectivity index (χ4v) is 5.89. The van der Waals surface area contributed by atoms with Crippen molar-refractivity contribution < 1.29 is 18.3 Å². The molecule has 166 valence electrons. The minimum Gasteiger partial charge on any atom is -0.481 e. The Balaban J connectivity index is 1.79. The van der Waals surface area contributed by atoms with Gasteiger partial charge in [-0.15, -0.1) is 0 Å². The molecule has 32 heavy (non-hydrogen) atoms. The Bertz CT molecular complexity index is 1330. The molecule has 0 aliphatic rings. The first-order valence-corrected chi connectivity index (χ1v) is 13.0. The van der Waals surface area contributed by atoms with E-state index in [4.69, 9.17) is 5.11 Å². The van der Waals surface area contributed by atoms with Gasteiger partial charge in [0.05, 0.1) is 10.4 Å². The second kappa shape index (κ2) is 9.30. The Morgan fingerprint density at radius 1 is 1.03 bits per heavy atom. The lowest BCUT2D eigenvalue weighted by atomic mass is 10.0. The maximum atomic E-state index is 13.5. The number of nitrogens with zero attached hydrogens (tertiary/aromatic N) is 1. The first-order chi connectivity index (χ1) is 15.4. The maximum absolute atomic E-state index is 13.5. The monoisotopic (exact) mass is 467 g/mol. The smallest absolute Gasteiger partial charge is 0.303 e. The minimum atomic E-state index is -3.82. The summed E-state index contributed by atoms with van der Waals surface area (Å²) in [6.07, 6.45) is 4.85. The average molecular weight is 468 g/mol. The first-order valence-electron chi connectivity index (χ1n) is 10.6. The molecule has 0 saturated heterocycles. The van der Waals surface area contributed by atoms with E-state index in [1.54, 1.807) is 35.7 Å². The molecule has 0 amide bonds. The van der Waals surface area contributed by atoms with Gasteiger partial charge in [0.15, 0.2) is 0 Å². The summed E-state index contributed by atoms with van der Waals surface area (Å²) in [6.45, 7) is 2.13. The summed E-state index contributed by atoms with van der Waals surface area (Å²) < 4.78 is 28.3. The van der Waals surface area contributed by atoms with Gasteiger partial charge in [0, 0.05) is 18.0 Å². The van der Waals surface area contributed by atoms with Gasteiger partial charge in [-0.05, 0) is 82.6 Å². The predicted octanol–water partition coefficient (Wildman–Crippen LogP) is 5.97. The molecule has 0 unspecified atom stereocenters. The SMILES string of the molecule is CCCCc1ccc(S(=O)(=O)n2cc(CCC(=O)O)c3cc(-c4ccsc4)ccc32)cc1. The van der Waals surface area contributed by atoms with E-state index in [0.717, 1.165) is 41.3 Å². The molecule has 0 bridgehead atoms. The molecule has 4 aromatic rings. The lowest BCUT2D eigenvalue weighted by Gasteiger charge is -2.09. The lowest BCUT2D eigenvalue weighted by Crippen LogP contribution is -2.12. The van der Waals surface area contributed by atoms with Gasteiger partial charge in [0.1, 0.15) is 0 Å². The van der Waals surface area contributed by atoms with Crippen LogP contribution in [0.25, 0.3) is 22.0 Å². The van der Waals surface area contributed by atoms with Crippen molar-refractivity contribution in [2.24, 2.45) is 0 Å². The van der Waals surface area contributed by atoms with Crippen LogP contribution in [-0.2, 0) is 27.7 Å². The number of thiophene rings is 1. The van der Waals surface area contributed by atoms with E-state index in [9.17, 15) is 13.2 Å². The van der Waals surface area contributed by atoms with Crippen molar-refractivity contribution in [3.63, 3.8) is 0 Å². The van der Waals surface area contributed by atoms with Gasteiger partial charge in [0.2, 0.25) is 0 Å². The molecular formula is C25H25NO4S2. The number of aromatic nitrogens is 1. The Morgan fingerprint density at radius 3 is 2.47 bits per heavy atom. The zero-order valence-electron chi connectivity index (χ0n) is 17.8. The summed E-state index contributed by atoms with van der Waals surface area (Å²) in [5.41, 5.74) is 4.41. The fraction of sp³-hybridized carbons (Fsp3) is 0.240. The molecule has 0 aliphatic carbocycles. The van der Waals surface area contributed by atoms with E-state index < -0.39 is 16.0 Å². The van der Waals surface area contributed by atoms with Crippen molar-refractivity contribution in [2.45, 2.75) is 43.9 Å². The quantitative estimate of drug-likeness (QED) is 0.329. The highest BCUT2D eigenvalue weighted by molar-refractivity contribution is 7.90. The molecule has 5 nitrogen and oxygen atoms in total. The standard InChI is InChI=1S/C25H25NO4S2/c1-2-3-4-18-5-9-22(10-6-18)32(29,30)26-16-20(8-12-25(27)28)23-15-19(7-11-24(23)26)21-13-14-31-17-21/h5-7,9-11,13-17H,2-4,8,12H2,1H3,(H,27,28). The van der Waals surface area contributed by atoms with E-state index in [1.165, 1.54) is 3.97 Å². The Hall–Kier alpha value is -2.90. The summed E-state index contributed by atoms with van der Waals surface area (Å²) in [4.78, 5) is 11.4. The van der Waals surface area contributed by atoms with Crippen molar-refractivity contribution in [3.05, 3.63) is 76.6 Å². The molecule has 0 spiro atoms. The fourth-order valence-electron chi connectivity index (χ4n) is 3.84. The number of aliphatic carboxylic acids is 1. The van der Waals surface area contributed by atoms with Crippen molar-refractivity contribution in [1.29, 1.82) is 0 Å². The molecule has 0 atom stereocenters. The van der Waals surface area contributed by atoms with Gasteiger partial charge in [-0.25, -0.2) is 12.4 Å². The molecule has 0 radical (unpaired) electrons. The Morgan fingerprint density at radius 2 is 1.81 bits per heavy atom. The van der Waals surface area contributed by atoms with Crippen LogP contribution in [0.2, 0.25) is 0 Å². The van der Waals surface area contributed by atoms with Crippen LogP contribution in [0.5, 0.6) is 0 Å². The first kappa shape index (κ1) is 22.3. The molecule has 2 aromatic heterocycles. The van der Waals surface area contributed by atoms with E-state index >= 15 is 0 Å². The van der Waals surface area contributed by atoms with Crippen LogP contribution in [0.4, 0.5) is 0 Å². The van der Waals surface area contributed by atoms with Crippen LogP contribution in [0.1, 0.15) is 37.3 Å². The van der Waals surface area contributed by atoms with Crippen LogP contribution >= 0.6 is 11.3 Å². The minimum absolute atomic E-state index is 0.0615. The summed E-state index contributed by atoms with van der Waals surface area (Å²) in [5.74, 6) is -0.912. The third-order valence-electron chi connectivity index (χ3n) is 5.61. The lowest BCUT2D eigenvalue weighted by molar-refractivity contribution is -0.136. The van der Waals surface area contributed by atoms with Crippen molar-refractivity contribution in [2.75, 3.05) is 0 Å². The summed E-state index contributed by atoms with van der Waals surface area (Å²) in [5, 5.41) is 13.9. The average Bonchev–Trinajstić information content (AvgIpc) is 3.44. The van der Waals surface area contributed by atoms with Crippen LogP contribution in [-0.4, -0.2) is 23.5 Å². The second-order valence-electron chi connectivity index (χ2n) is 7.84. The van der Waals surface area contributed by atoms with Crippen molar-refractivity contribution in [3.8, 4) is 11.1 Å². The molecule has 4 rings (SSSR count). The number of aryl methyl sites for hydroxylation is 2. The van der Waals surface area contributed by atoms with Crippen LogP contribution < -0.4 is 0 Å². The van der Waals surface area contributed by atoms with E-state index in [0.29, 0.717) is 11.1 Å². The number of hydrogen-bond acceptors (Lipinski definition) is 4. The third kappa shape index (κ3) is 4.49. The molecular weight excluding hydrogens is 442 g/mol. The van der Waals surface area contributed by atoms with Crippen LogP contribution in [0, 0.1) is 0 Å². The normalized spacial score (nSPS) is 11.8. The number of carbonyl (C=O) groups is 1. The maximum Gasteiger partial charge on any atom is 0.303 e. The topological polar surface area (TPSA) is 76.4 Å². The van der Waals surface area contributed by atoms with Gasteiger partial charge in [-0.2, -0.15) is 11.3 Å². The Kier molecular flexibility index (Phi) is 6.48. The van der Waals surface area contributed by atoms with Crippen LogP contribution in [0.15, 0.2) is 70.4 Å². The van der Waals surface area contributed by atoms with Crippen molar-refractivity contribution in [1.82, 2.24) is 3.97 Å². The number of carboxylic acid groups (broad SMARTS) is 1. The van der Waals surface area contributed by atoms with Gasteiger partial charge in [-0.1, -0.05) is 31.5 Å². The number of carboxylic acids is 1. The summed E-state index contributed by atoms with van der Waals surface area (Å²) in [6, 6.07) is 14.7. The second-order valence-corrected chi connectivity index (χ2v) is 10.4. The zero-order chi connectivity index (χ0) is 22.7. The zero-order valence-corrected chi connectivity index (χ0v) is 19.5. The molecule has 2 heterocycles.